The largest absolute Gasteiger partial charge is 0.507 e. The van der Waals surface area contributed by atoms with Gasteiger partial charge in [0.05, 0.1) is 12.1 Å². The van der Waals surface area contributed by atoms with Crippen molar-refractivity contribution in [2.24, 2.45) is 5.73 Å². The van der Waals surface area contributed by atoms with Gasteiger partial charge in [-0.2, -0.15) is 4.98 Å². The Hall–Kier alpha value is -2.67. The van der Waals surface area contributed by atoms with E-state index in [1.807, 2.05) is 37.6 Å². The van der Waals surface area contributed by atoms with Crippen LogP contribution < -0.4 is 11.3 Å². The van der Waals surface area contributed by atoms with Gasteiger partial charge in [0, 0.05) is 5.69 Å². The molecule has 0 radical (unpaired) electrons. The maximum Gasteiger partial charge on any atom is 0.284 e. The van der Waals surface area contributed by atoms with Crippen molar-refractivity contribution in [3.63, 3.8) is 0 Å². The molecule has 0 aromatic heterocycles. The average molecular weight is 381 g/mol. The second-order valence-corrected chi connectivity index (χ2v) is 7.82. The highest BCUT2D eigenvalue weighted by Gasteiger charge is 2.28. The van der Waals surface area contributed by atoms with Crippen LogP contribution in [0, 0.1) is 13.8 Å². The van der Waals surface area contributed by atoms with E-state index in [4.69, 9.17) is 10.7 Å². The van der Waals surface area contributed by atoms with Crippen molar-refractivity contribution in [1.82, 2.24) is 19.7 Å². The molecule has 0 bridgehead atoms. The van der Waals surface area contributed by atoms with Crippen molar-refractivity contribution in [3.8, 4) is 17.1 Å². The second kappa shape index (κ2) is 7.05. The van der Waals surface area contributed by atoms with Crippen molar-refractivity contribution in [2.75, 3.05) is 0 Å². The molecule has 1 aromatic rings. The Balaban J connectivity index is 1.85. The van der Waals surface area contributed by atoms with Gasteiger partial charge < -0.3 is 10.8 Å². The van der Waals surface area contributed by atoms with E-state index in [-0.39, 0.29) is 11.3 Å². The third-order valence-corrected chi connectivity index (χ3v) is 5.85. The fourth-order valence-corrected chi connectivity index (χ4v) is 4.28. The van der Waals surface area contributed by atoms with Gasteiger partial charge in [0.15, 0.2) is 11.6 Å². The van der Waals surface area contributed by atoms with E-state index >= 15 is 0 Å². The first-order chi connectivity index (χ1) is 13.4. The van der Waals surface area contributed by atoms with E-state index in [0.29, 0.717) is 23.3 Å². The Morgan fingerprint density at radius 3 is 2.50 bits per heavy atom. The predicted octanol–water partition coefficient (Wildman–Crippen LogP) is 3.12. The number of phenols is 1. The quantitative estimate of drug-likeness (QED) is 0.643. The molecule has 0 spiro atoms. The summed E-state index contributed by atoms with van der Waals surface area (Å²) < 4.78 is 2.05. The van der Waals surface area contributed by atoms with Crippen LogP contribution in [0.15, 0.2) is 16.9 Å². The van der Waals surface area contributed by atoms with Gasteiger partial charge in [-0.25, -0.2) is 4.98 Å². The summed E-state index contributed by atoms with van der Waals surface area (Å²) in [6, 6.07) is 3.35. The third kappa shape index (κ3) is 2.99. The van der Waals surface area contributed by atoms with Crippen LogP contribution in [-0.4, -0.2) is 24.9 Å². The summed E-state index contributed by atoms with van der Waals surface area (Å²) in [7, 11) is 0. The summed E-state index contributed by atoms with van der Waals surface area (Å²) in [5.74, 6) is 1.23. The standard InChI is InChI=1S/C21H27N5O2/c1-4-15-16-20(26(25-15)14-7-5-6-8-14)23-19(24-21(16)28)17(22)13-9-11(2)18(27)12(3)10-13/h9-10,14,17,25,27H,4-8,22H2,1-3H3. The highest BCUT2D eigenvalue weighted by Crippen LogP contribution is 2.34. The number of benzene rings is 1. The second-order valence-electron chi connectivity index (χ2n) is 7.82. The number of nitrogens with one attached hydrogen (secondary N) is 1. The smallest absolute Gasteiger partial charge is 0.284 e. The number of aryl methyl sites for hydroxylation is 3. The highest BCUT2D eigenvalue weighted by molar-refractivity contribution is 5.59. The minimum Gasteiger partial charge on any atom is -0.507 e. The van der Waals surface area contributed by atoms with Crippen LogP contribution in [0.5, 0.6) is 5.75 Å². The molecule has 2 heterocycles. The van der Waals surface area contributed by atoms with E-state index < -0.39 is 6.04 Å². The molecular formula is C21H27N5O2. The maximum absolute atomic E-state index is 12.9. The molecule has 28 heavy (non-hydrogen) atoms. The van der Waals surface area contributed by atoms with Gasteiger partial charge in [-0.15, -0.1) is 0 Å². The number of aromatic nitrogens is 4. The molecule has 1 aliphatic carbocycles. The van der Waals surface area contributed by atoms with Gasteiger partial charge >= 0.3 is 0 Å². The Morgan fingerprint density at radius 2 is 1.89 bits per heavy atom. The van der Waals surface area contributed by atoms with Crippen molar-refractivity contribution in [2.45, 2.75) is 65.0 Å². The average Bonchev–Trinajstić information content (AvgIpc) is 3.32. The van der Waals surface area contributed by atoms with E-state index in [9.17, 15) is 9.90 Å². The number of rotatable bonds is 4. The van der Waals surface area contributed by atoms with Crippen LogP contribution in [0.1, 0.15) is 72.9 Å². The van der Waals surface area contributed by atoms with Crippen LogP contribution in [0.4, 0.5) is 0 Å². The molecule has 0 saturated heterocycles. The minimum atomic E-state index is -0.632. The Labute approximate surface area is 164 Å². The van der Waals surface area contributed by atoms with E-state index in [0.717, 1.165) is 41.6 Å². The summed E-state index contributed by atoms with van der Waals surface area (Å²) in [5, 5.41) is 13.4. The molecule has 1 atom stereocenters. The van der Waals surface area contributed by atoms with Gasteiger partial charge in [0.2, 0.25) is 0 Å². The van der Waals surface area contributed by atoms with Crippen LogP contribution >= 0.6 is 0 Å². The first-order valence-corrected chi connectivity index (χ1v) is 9.97. The van der Waals surface area contributed by atoms with E-state index in [1.54, 1.807) is 0 Å². The number of fused-ring (bicyclic) bond motifs is 1. The molecule has 3 aliphatic rings. The number of aromatic hydroxyl groups is 1. The zero-order valence-corrected chi connectivity index (χ0v) is 16.6. The summed E-state index contributed by atoms with van der Waals surface area (Å²) in [6.45, 7) is 5.68. The number of aromatic amines is 1. The van der Waals surface area contributed by atoms with Gasteiger partial charge in [-0.05, 0) is 49.8 Å². The molecule has 7 nitrogen and oxygen atoms in total. The number of phenolic OH excluding ortho intramolecular Hbond substituents is 1. The SMILES string of the molecule is CCc1[nH]n(C2CCCC2)c2nc(C(N)c3cc(C)c(O)c(C)c3)nc(=O)c1-2. The zero-order chi connectivity index (χ0) is 20.0. The predicted molar refractivity (Wildman–Crippen MR) is 108 cm³/mol. The van der Waals surface area contributed by atoms with Gasteiger partial charge in [-0.3, -0.25) is 14.6 Å². The van der Waals surface area contributed by atoms with E-state index in [2.05, 4.69) is 10.1 Å². The fraction of sp³-hybridized carbons (Fsp3) is 0.476. The van der Waals surface area contributed by atoms with Gasteiger partial charge in [0.1, 0.15) is 11.3 Å². The zero-order valence-electron chi connectivity index (χ0n) is 16.6. The number of hydrogen-bond donors (Lipinski definition) is 3. The van der Waals surface area contributed by atoms with Crippen molar-refractivity contribution < 1.29 is 5.11 Å². The molecule has 0 amide bonds. The molecule has 148 valence electrons. The Kier molecular flexibility index (Phi) is 4.71. The molecule has 1 unspecified atom stereocenters. The lowest BCUT2D eigenvalue weighted by Gasteiger charge is -2.16. The third-order valence-electron chi connectivity index (χ3n) is 5.85. The van der Waals surface area contributed by atoms with Gasteiger partial charge in [-0.1, -0.05) is 31.9 Å². The van der Waals surface area contributed by atoms with Crippen molar-refractivity contribution in [1.29, 1.82) is 0 Å². The van der Waals surface area contributed by atoms with Gasteiger partial charge in [0.25, 0.3) is 5.56 Å². The number of H-pyrrole nitrogens is 1. The molecule has 1 saturated carbocycles. The molecule has 7 heteroatoms. The summed E-state index contributed by atoms with van der Waals surface area (Å²) >= 11 is 0. The molecule has 4 N–H and O–H groups in total. The normalized spacial score (nSPS) is 16.1. The summed E-state index contributed by atoms with van der Waals surface area (Å²) in [6.07, 6.45) is 5.26. The van der Waals surface area contributed by atoms with Crippen LogP contribution in [0.25, 0.3) is 11.4 Å². The highest BCUT2D eigenvalue weighted by atomic mass is 16.3. The lowest BCUT2D eigenvalue weighted by molar-refractivity contribution is 0.463. The monoisotopic (exact) mass is 381 g/mol. The first-order valence-electron chi connectivity index (χ1n) is 9.97. The lowest BCUT2D eigenvalue weighted by Crippen LogP contribution is -2.24. The molecule has 1 aromatic carbocycles. The topological polar surface area (TPSA) is 110 Å². The lowest BCUT2D eigenvalue weighted by atomic mass is 10.00. The van der Waals surface area contributed by atoms with Crippen LogP contribution in [0.3, 0.4) is 0 Å². The van der Waals surface area contributed by atoms with Crippen molar-refractivity contribution in [3.05, 3.63) is 50.7 Å². The molecule has 4 rings (SSSR count). The maximum atomic E-state index is 12.9. The Morgan fingerprint density at radius 1 is 1.25 bits per heavy atom. The van der Waals surface area contributed by atoms with Crippen LogP contribution in [-0.2, 0) is 6.42 Å². The number of hydrogen-bond acceptors (Lipinski definition) is 5. The molecular weight excluding hydrogens is 354 g/mol. The minimum absolute atomic E-state index is 0.258. The molecule has 2 aliphatic heterocycles. The van der Waals surface area contributed by atoms with Crippen LogP contribution in [0.2, 0.25) is 0 Å². The van der Waals surface area contributed by atoms with Crippen molar-refractivity contribution >= 4 is 0 Å². The fourth-order valence-electron chi connectivity index (χ4n) is 4.28. The molecule has 1 fully saturated rings. The summed E-state index contributed by atoms with van der Waals surface area (Å²) in [5.41, 5.74) is 9.87. The summed E-state index contributed by atoms with van der Waals surface area (Å²) in [4.78, 5) is 21.8. The first kappa shape index (κ1) is 18.7. The number of nitrogens with two attached hydrogens (primary N) is 1. The Bertz CT molecular complexity index is 1020. The number of nitrogens with zero attached hydrogens (tertiary/aromatic N) is 3. The van der Waals surface area contributed by atoms with E-state index in [1.165, 1.54) is 12.8 Å².